The molecule has 1 aromatic heterocycles. The highest BCUT2D eigenvalue weighted by Gasteiger charge is 2.31. The predicted molar refractivity (Wildman–Crippen MR) is 78.9 cm³/mol. The van der Waals surface area contributed by atoms with Crippen LogP contribution < -0.4 is 5.32 Å². The summed E-state index contributed by atoms with van der Waals surface area (Å²) < 4.78 is 30.3. The van der Waals surface area contributed by atoms with Gasteiger partial charge in [-0.1, -0.05) is 13.3 Å². The van der Waals surface area contributed by atoms with Crippen molar-refractivity contribution in [1.29, 1.82) is 0 Å². The van der Waals surface area contributed by atoms with Crippen LogP contribution in [0.25, 0.3) is 0 Å². The molecule has 2 rings (SSSR count). The van der Waals surface area contributed by atoms with Gasteiger partial charge in [-0.05, 0) is 30.9 Å². The average Bonchev–Trinajstić information content (AvgIpc) is 2.80. The normalized spacial score (nSPS) is 24.9. The number of nitrogens with one attached hydrogen (secondary N) is 1. The smallest absolute Gasteiger partial charge is 0.211 e. The third-order valence-electron chi connectivity index (χ3n) is 4.18. The Morgan fingerprint density at radius 3 is 2.80 bits per heavy atom. The molecule has 1 N–H and O–H groups in total. The van der Waals surface area contributed by atoms with Crippen molar-refractivity contribution in [1.82, 2.24) is 9.62 Å². The number of rotatable bonds is 5. The second kappa shape index (κ2) is 6.28. The van der Waals surface area contributed by atoms with E-state index in [1.54, 1.807) is 10.6 Å². The van der Waals surface area contributed by atoms with Gasteiger partial charge in [-0.25, -0.2) is 12.7 Å². The summed E-state index contributed by atoms with van der Waals surface area (Å²) >= 11 is 0. The number of furan rings is 1. The highest BCUT2D eigenvalue weighted by molar-refractivity contribution is 7.88. The Hall–Kier alpha value is -0.850. The molecule has 2 atom stereocenters. The largest absolute Gasteiger partial charge is 0.468 e. The quantitative estimate of drug-likeness (QED) is 0.899. The molecule has 0 aromatic carbocycles. The monoisotopic (exact) mass is 300 g/mol. The molecule has 20 heavy (non-hydrogen) atoms. The van der Waals surface area contributed by atoms with Gasteiger partial charge in [0.25, 0.3) is 0 Å². The first-order valence-corrected chi connectivity index (χ1v) is 8.98. The number of hydrogen-bond acceptors (Lipinski definition) is 4. The van der Waals surface area contributed by atoms with Crippen LogP contribution in [-0.4, -0.2) is 38.1 Å². The zero-order valence-corrected chi connectivity index (χ0v) is 13.2. The van der Waals surface area contributed by atoms with Gasteiger partial charge < -0.3 is 9.73 Å². The highest BCUT2D eigenvalue weighted by atomic mass is 32.2. The molecule has 1 aliphatic heterocycles. The second-order valence-corrected chi connectivity index (χ2v) is 7.57. The van der Waals surface area contributed by atoms with Gasteiger partial charge in [-0.2, -0.15) is 0 Å². The molecule has 0 unspecified atom stereocenters. The number of piperidine rings is 1. The number of hydrogen-bond donors (Lipinski definition) is 1. The van der Waals surface area contributed by atoms with E-state index in [0.717, 1.165) is 24.2 Å². The van der Waals surface area contributed by atoms with E-state index < -0.39 is 10.0 Å². The van der Waals surface area contributed by atoms with Crippen LogP contribution in [0.4, 0.5) is 0 Å². The van der Waals surface area contributed by atoms with Crippen LogP contribution >= 0.6 is 0 Å². The molecule has 0 amide bonds. The summed E-state index contributed by atoms with van der Waals surface area (Å²) in [6.45, 7) is 6.07. The summed E-state index contributed by atoms with van der Waals surface area (Å²) in [5.74, 6) is 1.32. The first-order valence-electron chi connectivity index (χ1n) is 7.13. The first kappa shape index (κ1) is 15.5. The van der Waals surface area contributed by atoms with Gasteiger partial charge in [-0.15, -0.1) is 0 Å². The highest BCUT2D eigenvalue weighted by Crippen LogP contribution is 2.22. The summed E-state index contributed by atoms with van der Waals surface area (Å²) in [5, 5.41) is 3.52. The molecule has 5 nitrogen and oxygen atoms in total. The van der Waals surface area contributed by atoms with Gasteiger partial charge in [0.05, 0.1) is 19.1 Å². The molecule has 0 radical (unpaired) electrons. The molecular weight excluding hydrogens is 276 g/mol. The van der Waals surface area contributed by atoms with E-state index >= 15 is 0 Å². The van der Waals surface area contributed by atoms with Crippen molar-refractivity contribution in [3.05, 3.63) is 23.7 Å². The number of nitrogens with zero attached hydrogens (tertiary/aromatic N) is 1. The standard InChI is InChI=1S/C14H24N2O3S/c1-4-12-10-16(20(3,17)18)7-5-13(12)15-9-14-11(2)6-8-19-14/h6,8,12-13,15H,4-5,7,9-10H2,1-3H3/t12-,13+/m0/s1. The molecule has 0 spiro atoms. The van der Waals surface area contributed by atoms with Crippen LogP contribution in [0.3, 0.4) is 0 Å². The molecular formula is C14H24N2O3S. The van der Waals surface area contributed by atoms with E-state index in [4.69, 9.17) is 4.42 Å². The Morgan fingerprint density at radius 2 is 2.25 bits per heavy atom. The second-order valence-electron chi connectivity index (χ2n) is 5.59. The fourth-order valence-electron chi connectivity index (χ4n) is 2.79. The minimum absolute atomic E-state index is 0.350. The van der Waals surface area contributed by atoms with Crippen molar-refractivity contribution in [2.45, 2.75) is 39.3 Å². The Kier molecular flexibility index (Phi) is 4.88. The van der Waals surface area contributed by atoms with Crippen LogP contribution in [-0.2, 0) is 16.6 Å². The van der Waals surface area contributed by atoms with Crippen molar-refractivity contribution >= 4 is 10.0 Å². The molecule has 1 saturated heterocycles. The molecule has 0 saturated carbocycles. The fraction of sp³-hybridized carbons (Fsp3) is 0.714. The SMILES string of the molecule is CC[C@H]1CN(S(C)(=O)=O)CC[C@H]1NCc1occc1C. The van der Waals surface area contributed by atoms with Gasteiger partial charge >= 0.3 is 0 Å². The van der Waals surface area contributed by atoms with E-state index in [1.165, 1.54) is 6.26 Å². The third kappa shape index (κ3) is 3.62. The van der Waals surface area contributed by atoms with Crippen molar-refractivity contribution in [2.24, 2.45) is 5.92 Å². The van der Waals surface area contributed by atoms with Gasteiger partial charge in [0, 0.05) is 19.1 Å². The minimum Gasteiger partial charge on any atom is -0.468 e. The Balaban J connectivity index is 1.94. The van der Waals surface area contributed by atoms with Crippen molar-refractivity contribution in [3.63, 3.8) is 0 Å². The van der Waals surface area contributed by atoms with E-state index in [9.17, 15) is 8.42 Å². The molecule has 6 heteroatoms. The van der Waals surface area contributed by atoms with Crippen molar-refractivity contribution in [2.75, 3.05) is 19.3 Å². The molecule has 2 heterocycles. The summed E-state index contributed by atoms with van der Waals surface area (Å²) in [6.07, 6.45) is 4.82. The van der Waals surface area contributed by atoms with E-state index in [1.807, 2.05) is 13.0 Å². The fourth-order valence-corrected chi connectivity index (χ4v) is 3.69. The molecule has 114 valence electrons. The Morgan fingerprint density at radius 1 is 1.50 bits per heavy atom. The third-order valence-corrected chi connectivity index (χ3v) is 5.45. The van der Waals surface area contributed by atoms with Gasteiger partial charge in [0.15, 0.2) is 0 Å². The van der Waals surface area contributed by atoms with Crippen LogP contribution in [0.1, 0.15) is 31.1 Å². The molecule has 1 fully saturated rings. The molecule has 1 aliphatic rings. The minimum atomic E-state index is -3.07. The number of sulfonamides is 1. The Labute approximate surface area is 121 Å². The molecule has 0 bridgehead atoms. The zero-order chi connectivity index (χ0) is 14.8. The zero-order valence-electron chi connectivity index (χ0n) is 12.4. The maximum Gasteiger partial charge on any atom is 0.211 e. The Bertz CT molecular complexity index is 538. The lowest BCUT2D eigenvalue weighted by Gasteiger charge is -2.37. The van der Waals surface area contributed by atoms with Crippen molar-refractivity contribution < 1.29 is 12.8 Å². The van der Waals surface area contributed by atoms with Crippen LogP contribution in [0.5, 0.6) is 0 Å². The van der Waals surface area contributed by atoms with Crippen LogP contribution in [0.2, 0.25) is 0 Å². The van der Waals surface area contributed by atoms with Gasteiger partial charge in [0.2, 0.25) is 10.0 Å². The van der Waals surface area contributed by atoms with Gasteiger partial charge in [0.1, 0.15) is 5.76 Å². The average molecular weight is 300 g/mol. The summed E-state index contributed by atoms with van der Waals surface area (Å²) in [4.78, 5) is 0. The van der Waals surface area contributed by atoms with Gasteiger partial charge in [-0.3, -0.25) is 0 Å². The van der Waals surface area contributed by atoms with Crippen LogP contribution in [0, 0.1) is 12.8 Å². The van der Waals surface area contributed by atoms with E-state index in [-0.39, 0.29) is 0 Å². The van der Waals surface area contributed by atoms with Crippen LogP contribution in [0.15, 0.2) is 16.7 Å². The van der Waals surface area contributed by atoms with E-state index in [0.29, 0.717) is 31.6 Å². The first-order chi connectivity index (χ1) is 9.41. The van der Waals surface area contributed by atoms with E-state index in [2.05, 4.69) is 12.2 Å². The summed E-state index contributed by atoms with van der Waals surface area (Å²) in [5.41, 5.74) is 1.15. The molecule has 0 aliphatic carbocycles. The number of aryl methyl sites for hydroxylation is 1. The summed E-state index contributed by atoms with van der Waals surface area (Å²) in [6, 6.07) is 2.31. The predicted octanol–water partition coefficient (Wildman–Crippen LogP) is 1.74. The lowest BCUT2D eigenvalue weighted by molar-refractivity contribution is 0.199. The maximum absolute atomic E-state index is 11.6. The maximum atomic E-state index is 11.6. The topological polar surface area (TPSA) is 62.6 Å². The lowest BCUT2D eigenvalue weighted by Crippen LogP contribution is -2.50. The lowest BCUT2D eigenvalue weighted by atomic mass is 9.91. The van der Waals surface area contributed by atoms with Crippen molar-refractivity contribution in [3.8, 4) is 0 Å². The summed E-state index contributed by atoms with van der Waals surface area (Å²) in [7, 11) is -3.07. The molecule has 1 aromatic rings.